The normalized spacial score (nSPS) is 11.4. The molecule has 174 valence electrons. The number of aromatic hydroxyl groups is 1. The van der Waals surface area contributed by atoms with E-state index in [0.717, 1.165) is 22.5 Å². The summed E-state index contributed by atoms with van der Waals surface area (Å²) < 4.78 is 5.22. The van der Waals surface area contributed by atoms with Gasteiger partial charge in [0.15, 0.2) is 0 Å². The first-order valence-electron chi connectivity index (χ1n) is 11.0. The van der Waals surface area contributed by atoms with E-state index in [-0.39, 0.29) is 11.2 Å². The zero-order chi connectivity index (χ0) is 24.6. The van der Waals surface area contributed by atoms with Crippen molar-refractivity contribution in [1.82, 2.24) is 15.0 Å². The number of carbonyl (C=O) groups excluding carboxylic acids is 1. The molecule has 0 aliphatic carbocycles. The minimum atomic E-state index is -0.455. The van der Waals surface area contributed by atoms with Gasteiger partial charge in [0.2, 0.25) is 0 Å². The van der Waals surface area contributed by atoms with Gasteiger partial charge in [-0.25, -0.2) is 4.79 Å². The maximum atomic E-state index is 11.7. The number of rotatable bonds is 5. The molecule has 0 bridgehead atoms. The predicted molar refractivity (Wildman–Crippen MR) is 134 cm³/mol. The largest absolute Gasteiger partial charge is 0.505 e. The molecular formula is C27H28N4O3. The van der Waals surface area contributed by atoms with Gasteiger partial charge in [0.05, 0.1) is 0 Å². The highest BCUT2D eigenvalue weighted by atomic mass is 16.5. The average molecular weight is 457 g/mol. The smallest absolute Gasteiger partial charge is 0.338 e. The number of anilines is 2. The molecule has 1 heterocycles. The second kappa shape index (κ2) is 8.67. The monoisotopic (exact) mass is 456 g/mol. The van der Waals surface area contributed by atoms with Gasteiger partial charge in [-0.3, -0.25) is 0 Å². The van der Waals surface area contributed by atoms with Crippen LogP contribution in [0, 0.1) is 6.92 Å². The third-order valence-electron chi connectivity index (χ3n) is 5.34. The Labute approximate surface area is 198 Å². The molecule has 0 fully saturated rings. The minimum Gasteiger partial charge on any atom is -0.505 e. The van der Waals surface area contributed by atoms with E-state index in [4.69, 9.17) is 4.74 Å². The van der Waals surface area contributed by atoms with Crippen LogP contribution in [0.2, 0.25) is 0 Å². The summed E-state index contributed by atoms with van der Waals surface area (Å²) in [6.45, 7) is 13.4. The molecule has 34 heavy (non-hydrogen) atoms. The van der Waals surface area contributed by atoms with E-state index < -0.39 is 5.97 Å². The Morgan fingerprint density at radius 3 is 2.29 bits per heavy atom. The van der Waals surface area contributed by atoms with Gasteiger partial charge in [-0.2, -0.15) is 0 Å². The van der Waals surface area contributed by atoms with E-state index in [9.17, 15) is 9.90 Å². The number of fused-ring (bicyclic) bond motifs is 1. The Hall–Kier alpha value is -4.13. The highest BCUT2D eigenvalue weighted by molar-refractivity contribution is 5.88. The first-order valence-corrected chi connectivity index (χ1v) is 11.0. The molecule has 4 aromatic rings. The molecule has 0 amide bonds. The van der Waals surface area contributed by atoms with Gasteiger partial charge >= 0.3 is 5.97 Å². The Bertz CT molecular complexity index is 1400. The van der Waals surface area contributed by atoms with Crippen molar-refractivity contribution in [2.45, 2.75) is 40.0 Å². The van der Waals surface area contributed by atoms with Crippen LogP contribution in [-0.2, 0) is 10.2 Å². The molecule has 3 aromatic carbocycles. The summed E-state index contributed by atoms with van der Waals surface area (Å²) in [7, 11) is 0. The minimum absolute atomic E-state index is 0.184. The second-order valence-corrected chi connectivity index (χ2v) is 9.44. The van der Waals surface area contributed by atoms with Crippen molar-refractivity contribution >= 4 is 28.4 Å². The van der Waals surface area contributed by atoms with Gasteiger partial charge in [-0.05, 0) is 73.4 Å². The van der Waals surface area contributed by atoms with Crippen molar-refractivity contribution in [3.05, 3.63) is 77.9 Å². The molecule has 4 rings (SSSR count). The zero-order valence-electron chi connectivity index (χ0n) is 20.0. The fourth-order valence-corrected chi connectivity index (χ4v) is 3.55. The number of benzene rings is 3. The van der Waals surface area contributed by atoms with Crippen molar-refractivity contribution in [2.75, 3.05) is 5.32 Å². The Balaban J connectivity index is 1.60. The third-order valence-corrected chi connectivity index (χ3v) is 5.34. The molecular weight excluding hydrogens is 428 g/mol. The molecule has 0 radical (unpaired) electrons. The zero-order valence-corrected chi connectivity index (χ0v) is 20.0. The van der Waals surface area contributed by atoms with E-state index in [0.29, 0.717) is 28.0 Å². The first-order chi connectivity index (χ1) is 16.0. The molecule has 0 saturated heterocycles. The number of nitrogens with one attached hydrogen (secondary N) is 1. The lowest BCUT2D eigenvalue weighted by molar-refractivity contribution is -0.130. The summed E-state index contributed by atoms with van der Waals surface area (Å²) >= 11 is 0. The quantitative estimate of drug-likeness (QED) is 0.219. The van der Waals surface area contributed by atoms with Gasteiger partial charge in [-0.1, -0.05) is 33.4 Å². The number of esters is 1. The number of aromatic nitrogens is 3. The number of hydrogen-bond donors (Lipinski definition) is 2. The fourth-order valence-electron chi connectivity index (χ4n) is 3.55. The standard InChI is InChI=1S/C27H28N4O3/c1-16(2)26(33)34-20-10-7-18(8-11-20)28-19-9-12-22-23(15-19)30-31(29-22)24-14-17(3)13-21(25(24)32)27(4,5)6/h7-15,28,32H,1H2,2-6H3. The molecule has 0 spiro atoms. The highest BCUT2D eigenvalue weighted by Crippen LogP contribution is 2.36. The summed E-state index contributed by atoms with van der Waals surface area (Å²) in [5.74, 6) is 0.178. The van der Waals surface area contributed by atoms with Gasteiger partial charge in [0.1, 0.15) is 28.2 Å². The van der Waals surface area contributed by atoms with Crippen molar-refractivity contribution in [1.29, 1.82) is 0 Å². The Morgan fingerprint density at radius 1 is 1.00 bits per heavy atom. The predicted octanol–water partition coefficient (Wildman–Crippen LogP) is 5.96. The number of carbonyl (C=O) groups is 1. The van der Waals surface area contributed by atoms with Crippen LogP contribution < -0.4 is 10.1 Å². The maximum Gasteiger partial charge on any atom is 0.338 e. The van der Waals surface area contributed by atoms with Crippen molar-refractivity contribution in [3.63, 3.8) is 0 Å². The molecule has 7 heteroatoms. The maximum absolute atomic E-state index is 11.7. The first kappa shape index (κ1) is 23.0. The van der Waals surface area contributed by atoms with E-state index >= 15 is 0 Å². The second-order valence-electron chi connectivity index (χ2n) is 9.44. The lowest BCUT2D eigenvalue weighted by Gasteiger charge is -2.22. The van der Waals surface area contributed by atoms with E-state index in [1.807, 2.05) is 49.4 Å². The van der Waals surface area contributed by atoms with Crippen molar-refractivity contribution in [3.8, 4) is 17.2 Å². The molecule has 0 aliphatic rings. The third kappa shape index (κ3) is 4.78. The summed E-state index contributed by atoms with van der Waals surface area (Å²) in [6, 6.07) is 16.6. The van der Waals surface area contributed by atoms with E-state index in [2.05, 4.69) is 42.9 Å². The Kier molecular flexibility index (Phi) is 5.87. The van der Waals surface area contributed by atoms with Gasteiger partial charge in [0, 0.05) is 22.5 Å². The number of nitrogens with zero attached hydrogens (tertiary/aromatic N) is 3. The highest BCUT2D eigenvalue weighted by Gasteiger charge is 2.22. The fraction of sp³-hybridized carbons (Fsp3) is 0.222. The van der Waals surface area contributed by atoms with Crippen LogP contribution >= 0.6 is 0 Å². The van der Waals surface area contributed by atoms with Gasteiger partial charge < -0.3 is 15.2 Å². The SMILES string of the molecule is C=C(C)C(=O)Oc1ccc(Nc2ccc3nn(-c4cc(C)cc(C(C)(C)C)c4O)nc3c2)cc1. The van der Waals surface area contributed by atoms with Crippen molar-refractivity contribution in [2.24, 2.45) is 0 Å². The lowest BCUT2D eigenvalue weighted by atomic mass is 9.85. The summed E-state index contributed by atoms with van der Waals surface area (Å²) in [5.41, 5.74) is 5.62. The molecule has 0 aliphatic heterocycles. The van der Waals surface area contributed by atoms with Crippen molar-refractivity contribution < 1.29 is 14.6 Å². The number of ether oxygens (including phenoxy) is 1. The lowest BCUT2D eigenvalue weighted by Crippen LogP contribution is -2.13. The topological polar surface area (TPSA) is 89.3 Å². The number of aryl methyl sites for hydroxylation is 1. The van der Waals surface area contributed by atoms with Crippen LogP contribution in [0.15, 0.2) is 66.7 Å². The summed E-state index contributed by atoms with van der Waals surface area (Å²) in [5, 5.41) is 23.4. The summed E-state index contributed by atoms with van der Waals surface area (Å²) in [6.07, 6.45) is 0. The molecule has 0 unspecified atom stereocenters. The van der Waals surface area contributed by atoms with Crippen LogP contribution in [-0.4, -0.2) is 26.1 Å². The number of phenols is 1. The van der Waals surface area contributed by atoms with Crippen LogP contribution in [0.1, 0.15) is 38.8 Å². The Morgan fingerprint density at radius 2 is 1.65 bits per heavy atom. The van der Waals surface area contributed by atoms with E-state index in [1.54, 1.807) is 19.1 Å². The van der Waals surface area contributed by atoms with Gasteiger partial charge in [0.25, 0.3) is 0 Å². The number of hydrogen-bond acceptors (Lipinski definition) is 6. The average Bonchev–Trinajstić information content (AvgIpc) is 3.18. The van der Waals surface area contributed by atoms with Crippen LogP contribution in [0.5, 0.6) is 11.5 Å². The molecule has 1 aromatic heterocycles. The molecule has 0 saturated carbocycles. The molecule has 7 nitrogen and oxygen atoms in total. The molecule has 2 N–H and O–H groups in total. The molecule has 0 atom stereocenters. The van der Waals surface area contributed by atoms with Crippen LogP contribution in [0.3, 0.4) is 0 Å². The van der Waals surface area contributed by atoms with E-state index in [1.165, 1.54) is 4.80 Å². The van der Waals surface area contributed by atoms with Crippen LogP contribution in [0.4, 0.5) is 11.4 Å². The number of phenolic OH excluding ortho intramolecular Hbond substituents is 1. The van der Waals surface area contributed by atoms with Gasteiger partial charge in [-0.15, -0.1) is 15.0 Å². The van der Waals surface area contributed by atoms with Crippen LogP contribution in [0.25, 0.3) is 16.7 Å². The summed E-state index contributed by atoms with van der Waals surface area (Å²) in [4.78, 5) is 13.1.